The first-order chi connectivity index (χ1) is 8.31. The number of nitrogens with one attached hydrogen (secondary N) is 1. The van der Waals surface area contributed by atoms with E-state index in [9.17, 15) is 4.79 Å². The van der Waals surface area contributed by atoms with E-state index < -0.39 is 0 Å². The highest BCUT2D eigenvalue weighted by Gasteiger charge is 2.15. The SMILES string of the molecule is CC[C@H](C)c1ccc(NC(=O)CC(C)(C)C)cc1. The molecule has 0 aliphatic heterocycles. The minimum atomic E-state index is 0.0285. The van der Waals surface area contributed by atoms with Crippen molar-refractivity contribution in [3.05, 3.63) is 29.8 Å². The Labute approximate surface area is 111 Å². The van der Waals surface area contributed by atoms with Gasteiger partial charge in [0.05, 0.1) is 0 Å². The van der Waals surface area contributed by atoms with Crippen LogP contribution in [0.1, 0.15) is 58.9 Å². The highest BCUT2D eigenvalue weighted by atomic mass is 16.1. The van der Waals surface area contributed by atoms with E-state index in [1.165, 1.54) is 5.56 Å². The Morgan fingerprint density at radius 2 is 1.78 bits per heavy atom. The molecule has 0 aliphatic rings. The first-order valence-electron chi connectivity index (χ1n) is 6.71. The molecule has 1 rings (SSSR count). The predicted octanol–water partition coefficient (Wildman–Crippen LogP) is 4.57. The Bertz CT molecular complexity index is 387. The second-order valence-electron chi connectivity index (χ2n) is 6.22. The zero-order valence-electron chi connectivity index (χ0n) is 12.2. The quantitative estimate of drug-likeness (QED) is 0.829. The van der Waals surface area contributed by atoms with E-state index in [1.807, 2.05) is 12.1 Å². The van der Waals surface area contributed by atoms with Gasteiger partial charge < -0.3 is 5.32 Å². The van der Waals surface area contributed by atoms with Crippen LogP contribution >= 0.6 is 0 Å². The number of hydrogen-bond donors (Lipinski definition) is 1. The van der Waals surface area contributed by atoms with Crippen molar-refractivity contribution in [3.8, 4) is 0 Å². The van der Waals surface area contributed by atoms with Crippen LogP contribution in [0.3, 0.4) is 0 Å². The number of benzene rings is 1. The second kappa shape index (κ2) is 6.03. The zero-order chi connectivity index (χ0) is 13.8. The van der Waals surface area contributed by atoms with Crippen molar-refractivity contribution >= 4 is 11.6 Å². The van der Waals surface area contributed by atoms with Crippen LogP contribution in [0.4, 0.5) is 5.69 Å². The van der Waals surface area contributed by atoms with Crippen molar-refractivity contribution < 1.29 is 4.79 Å². The lowest BCUT2D eigenvalue weighted by atomic mass is 9.92. The number of anilines is 1. The molecule has 0 aliphatic carbocycles. The Morgan fingerprint density at radius 3 is 2.22 bits per heavy atom. The van der Waals surface area contributed by atoms with Gasteiger partial charge in [0.2, 0.25) is 5.91 Å². The van der Waals surface area contributed by atoms with Crippen LogP contribution in [0, 0.1) is 5.41 Å². The van der Waals surface area contributed by atoms with Crippen LogP contribution in [-0.4, -0.2) is 5.91 Å². The van der Waals surface area contributed by atoms with E-state index in [0.717, 1.165) is 12.1 Å². The van der Waals surface area contributed by atoms with Crippen LogP contribution in [0.25, 0.3) is 0 Å². The normalized spacial score (nSPS) is 13.2. The largest absolute Gasteiger partial charge is 0.326 e. The Kier molecular flexibility index (Phi) is 4.94. The average molecular weight is 247 g/mol. The summed E-state index contributed by atoms with van der Waals surface area (Å²) >= 11 is 0. The van der Waals surface area contributed by atoms with E-state index in [-0.39, 0.29) is 11.3 Å². The maximum Gasteiger partial charge on any atom is 0.224 e. The molecule has 1 amide bonds. The third-order valence-electron chi connectivity index (χ3n) is 3.07. The smallest absolute Gasteiger partial charge is 0.224 e. The maximum atomic E-state index is 11.8. The van der Waals surface area contributed by atoms with Gasteiger partial charge in [0.15, 0.2) is 0 Å². The third-order valence-corrected chi connectivity index (χ3v) is 3.07. The number of hydrogen-bond acceptors (Lipinski definition) is 1. The lowest BCUT2D eigenvalue weighted by Crippen LogP contribution is -2.19. The molecule has 1 aromatic rings. The van der Waals surface area contributed by atoms with Crippen LogP contribution in [0.2, 0.25) is 0 Å². The molecular weight excluding hydrogens is 222 g/mol. The van der Waals surface area contributed by atoms with Gasteiger partial charge in [-0.1, -0.05) is 46.8 Å². The van der Waals surface area contributed by atoms with Gasteiger partial charge in [-0.05, 0) is 35.4 Å². The topological polar surface area (TPSA) is 29.1 Å². The molecule has 0 saturated heterocycles. The molecule has 0 bridgehead atoms. The van der Waals surface area contributed by atoms with E-state index in [0.29, 0.717) is 12.3 Å². The number of carbonyl (C=O) groups excluding carboxylic acids is 1. The molecule has 1 aromatic carbocycles. The fraction of sp³-hybridized carbons (Fsp3) is 0.562. The maximum absolute atomic E-state index is 11.8. The Morgan fingerprint density at radius 1 is 1.22 bits per heavy atom. The van der Waals surface area contributed by atoms with Crippen LogP contribution < -0.4 is 5.32 Å². The molecule has 0 aromatic heterocycles. The van der Waals surface area contributed by atoms with Crippen molar-refractivity contribution in [3.63, 3.8) is 0 Å². The molecule has 100 valence electrons. The summed E-state index contributed by atoms with van der Waals surface area (Å²) in [5.41, 5.74) is 2.24. The van der Waals surface area contributed by atoms with Gasteiger partial charge in [-0.15, -0.1) is 0 Å². The fourth-order valence-corrected chi connectivity index (χ4v) is 1.82. The minimum absolute atomic E-state index is 0.0285. The van der Waals surface area contributed by atoms with Gasteiger partial charge in [0.25, 0.3) is 0 Å². The third kappa shape index (κ3) is 4.91. The summed E-state index contributed by atoms with van der Waals surface area (Å²) in [6.07, 6.45) is 1.68. The first-order valence-corrected chi connectivity index (χ1v) is 6.71. The molecule has 0 spiro atoms. The molecule has 0 fully saturated rings. The number of carbonyl (C=O) groups is 1. The average Bonchev–Trinajstić information content (AvgIpc) is 2.26. The van der Waals surface area contributed by atoms with Crippen molar-refractivity contribution in [1.29, 1.82) is 0 Å². The second-order valence-corrected chi connectivity index (χ2v) is 6.22. The lowest BCUT2D eigenvalue weighted by molar-refractivity contribution is -0.117. The van der Waals surface area contributed by atoms with Gasteiger partial charge >= 0.3 is 0 Å². The highest BCUT2D eigenvalue weighted by Crippen LogP contribution is 2.22. The zero-order valence-corrected chi connectivity index (χ0v) is 12.2. The fourth-order valence-electron chi connectivity index (χ4n) is 1.82. The summed E-state index contributed by atoms with van der Waals surface area (Å²) in [6.45, 7) is 10.6. The minimum Gasteiger partial charge on any atom is -0.326 e. The van der Waals surface area contributed by atoms with Crippen LogP contribution in [0.15, 0.2) is 24.3 Å². The number of rotatable bonds is 4. The summed E-state index contributed by atoms with van der Waals surface area (Å²) in [6, 6.07) is 8.17. The first kappa shape index (κ1) is 14.7. The Hall–Kier alpha value is -1.31. The van der Waals surface area contributed by atoms with E-state index in [4.69, 9.17) is 0 Å². The van der Waals surface area contributed by atoms with E-state index in [1.54, 1.807) is 0 Å². The molecule has 0 heterocycles. The molecule has 0 radical (unpaired) electrons. The Balaban J connectivity index is 2.61. The standard InChI is InChI=1S/C16H25NO/c1-6-12(2)13-7-9-14(10-8-13)17-15(18)11-16(3,4)5/h7-10,12H,6,11H2,1-5H3,(H,17,18)/t12-/m0/s1. The van der Waals surface area contributed by atoms with Gasteiger partial charge in [0.1, 0.15) is 0 Å². The van der Waals surface area contributed by atoms with Crippen molar-refractivity contribution in [1.82, 2.24) is 0 Å². The summed E-state index contributed by atoms with van der Waals surface area (Å²) < 4.78 is 0. The number of amides is 1. The van der Waals surface area contributed by atoms with E-state index in [2.05, 4.69) is 52.1 Å². The van der Waals surface area contributed by atoms with Gasteiger partial charge in [-0.2, -0.15) is 0 Å². The molecule has 0 saturated carbocycles. The molecule has 18 heavy (non-hydrogen) atoms. The van der Waals surface area contributed by atoms with Gasteiger partial charge in [-0.25, -0.2) is 0 Å². The van der Waals surface area contributed by atoms with E-state index >= 15 is 0 Å². The van der Waals surface area contributed by atoms with Crippen LogP contribution in [-0.2, 0) is 4.79 Å². The van der Waals surface area contributed by atoms with Crippen molar-refractivity contribution in [2.75, 3.05) is 5.32 Å². The predicted molar refractivity (Wildman–Crippen MR) is 77.8 cm³/mol. The summed E-state index contributed by atoms with van der Waals surface area (Å²) in [7, 11) is 0. The summed E-state index contributed by atoms with van der Waals surface area (Å²) in [5.74, 6) is 0.656. The molecule has 1 N–H and O–H groups in total. The van der Waals surface area contributed by atoms with Crippen molar-refractivity contribution in [2.45, 2.75) is 53.4 Å². The molecule has 2 nitrogen and oxygen atoms in total. The summed E-state index contributed by atoms with van der Waals surface area (Å²) in [5, 5.41) is 2.94. The molecule has 2 heteroatoms. The van der Waals surface area contributed by atoms with Gasteiger partial charge in [-0.3, -0.25) is 4.79 Å². The van der Waals surface area contributed by atoms with Gasteiger partial charge in [0, 0.05) is 12.1 Å². The van der Waals surface area contributed by atoms with Crippen LogP contribution in [0.5, 0.6) is 0 Å². The lowest BCUT2D eigenvalue weighted by Gasteiger charge is -2.17. The molecular formula is C16H25NO. The van der Waals surface area contributed by atoms with Crippen molar-refractivity contribution in [2.24, 2.45) is 5.41 Å². The highest BCUT2D eigenvalue weighted by molar-refractivity contribution is 5.91. The molecule has 1 atom stereocenters. The monoisotopic (exact) mass is 247 g/mol. The molecule has 0 unspecified atom stereocenters. The summed E-state index contributed by atoms with van der Waals surface area (Å²) in [4.78, 5) is 11.8.